The largest absolute Gasteiger partial charge is 0.361 e. The standard InChI is InChI=1S/C20H25N3OS/c1-14(2)23(3)13-20(24)22-12-17(19-9-6-10-25-19)16-11-21-18-8-5-4-7-15(16)18/h4-11,14,17,21H,12-13H2,1-3H3,(H,22,24). The second-order valence-corrected chi connectivity index (χ2v) is 7.65. The topological polar surface area (TPSA) is 48.1 Å². The average Bonchev–Trinajstić information content (AvgIpc) is 3.25. The minimum atomic E-state index is 0.0672. The van der Waals surface area contributed by atoms with Crippen molar-refractivity contribution < 1.29 is 4.79 Å². The van der Waals surface area contributed by atoms with Crippen LogP contribution in [0.1, 0.15) is 30.2 Å². The number of thiophene rings is 1. The van der Waals surface area contributed by atoms with Gasteiger partial charge in [-0.1, -0.05) is 24.3 Å². The van der Waals surface area contributed by atoms with Gasteiger partial charge in [0.05, 0.1) is 6.54 Å². The lowest BCUT2D eigenvalue weighted by Crippen LogP contribution is -2.39. The summed E-state index contributed by atoms with van der Waals surface area (Å²) in [4.78, 5) is 19.0. The number of hydrogen-bond donors (Lipinski definition) is 2. The summed E-state index contributed by atoms with van der Waals surface area (Å²) in [6.45, 7) is 5.21. The first-order chi connectivity index (χ1) is 12.1. The fourth-order valence-corrected chi connectivity index (χ4v) is 3.76. The quantitative estimate of drug-likeness (QED) is 0.677. The molecule has 0 aliphatic heterocycles. The van der Waals surface area contributed by atoms with Gasteiger partial charge in [0.25, 0.3) is 0 Å². The highest BCUT2D eigenvalue weighted by Crippen LogP contribution is 2.32. The minimum Gasteiger partial charge on any atom is -0.361 e. The van der Waals surface area contributed by atoms with Gasteiger partial charge in [-0.2, -0.15) is 0 Å². The maximum absolute atomic E-state index is 12.3. The van der Waals surface area contributed by atoms with E-state index in [0.717, 1.165) is 5.52 Å². The van der Waals surface area contributed by atoms with Gasteiger partial charge in [0.15, 0.2) is 0 Å². The third-order valence-corrected chi connectivity index (χ3v) is 5.65. The van der Waals surface area contributed by atoms with Crippen LogP contribution in [0.3, 0.4) is 0 Å². The fraction of sp³-hybridized carbons (Fsp3) is 0.350. The number of carbonyl (C=O) groups is 1. The Morgan fingerprint density at radius 2 is 2.04 bits per heavy atom. The summed E-state index contributed by atoms with van der Waals surface area (Å²) < 4.78 is 0. The van der Waals surface area contributed by atoms with E-state index < -0.39 is 0 Å². The van der Waals surface area contributed by atoms with Crippen LogP contribution in [0, 0.1) is 0 Å². The van der Waals surface area contributed by atoms with Crippen molar-refractivity contribution in [2.75, 3.05) is 20.1 Å². The molecule has 3 aromatic rings. The number of nitrogens with one attached hydrogen (secondary N) is 2. The van der Waals surface area contributed by atoms with Crippen LogP contribution in [0.15, 0.2) is 48.0 Å². The van der Waals surface area contributed by atoms with Crippen LogP contribution in [-0.2, 0) is 4.79 Å². The van der Waals surface area contributed by atoms with E-state index in [1.807, 2.05) is 18.0 Å². The Kier molecular flexibility index (Phi) is 5.56. The van der Waals surface area contributed by atoms with Crippen molar-refractivity contribution in [2.24, 2.45) is 0 Å². The van der Waals surface area contributed by atoms with Crippen LogP contribution in [0.25, 0.3) is 10.9 Å². The number of benzene rings is 1. The highest BCUT2D eigenvalue weighted by molar-refractivity contribution is 7.10. The van der Waals surface area contributed by atoms with Crippen LogP contribution in [0.5, 0.6) is 0 Å². The number of aromatic amines is 1. The van der Waals surface area contributed by atoms with Crippen molar-refractivity contribution in [2.45, 2.75) is 25.8 Å². The second-order valence-electron chi connectivity index (χ2n) is 6.67. The van der Waals surface area contributed by atoms with E-state index in [0.29, 0.717) is 19.1 Å². The molecule has 0 radical (unpaired) electrons. The molecule has 1 amide bonds. The molecule has 2 heterocycles. The van der Waals surface area contributed by atoms with E-state index >= 15 is 0 Å². The van der Waals surface area contributed by atoms with E-state index in [1.165, 1.54) is 15.8 Å². The average molecular weight is 356 g/mol. The van der Waals surface area contributed by atoms with Gasteiger partial charge >= 0.3 is 0 Å². The van der Waals surface area contributed by atoms with Crippen molar-refractivity contribution in [3.8, 4) is 0 Å². The highest BCUT2D eigenvalue weighted by atomic mass is 32.1. The first kappa shape index (κ1) is 17.7. The van der Waals surface area contributed by atoms with Crippen LogP contribution >= 0.6 is 11.3 Å². The molecule has 1 atom stereocenters. The van der Waals surface area contributed by atoms with Gasteiger partial charge in [-0.3, -0.25) is 9.69 Å². The molecular weight excluding hydrogens is 330 g/mol. The molecule has 2 N–H and O–H groups in total. The second kappa shape index (κ2) is 7.85. The molecule has 1 unspecified atom stereocenters. The summed E-state index contributed by atoms with van der Waals surface area (Å²) in [5.41, 5.74) is 2.36. The summed E-state index contributed by atoms with van der Waals surface area (Å²) in [5, 5.41) is 6.43. The SMILES string of the molecule is CC(C)N(C)CC(=O)NCC(c1cccs1)c1c[nH]c2ccccc12. The van der Waals surface area contributed by atoms with Crippen LogP contribution < -0.4 is 5.32 Å². The zero-order chi connectivity index (χ0) is 17.8. The Hall–Kier alpha value is -2.11. The lowest BCUT2D eigenvalue weighted by Gasteiger charge is -2.21. The number of para-hydroxylation sites is 1. The zero-order valence-corrected chi connectivity index (χ0v) is 15.8. The monoisotopic (exact) mass is 355 g/mol. The van der Waals surface area contributed by atoms with Crippen molar-refractivity contribution in [3.05, 3.63) is 58.4 Å². The maximum atomic E-state index is 12.3. The molecular formula is C20H25N3OS. The molecule has 0 aliphatic carbocycles. The van der Waals surface area contributed by atoms with Gasteiger partial charge in [-0.25, -0.2) is 0 Å². The first-order valence-electron chi connectivity index (χ1n) is 8.62. The Morgan fingerprint density at radius 3 is 2.76 bits per heavy atom. The molecule has 0 saturated carbocycles. The number of likely N-dealkylation sites (N-methyl/N-ethyl adjacent to an activating group) is 1. The van der Waals surface area contributed by atoms with Crippen LogP contribution in [0.2, 0.25) is 0 Å². The zero-order valence-electron chi connectivity index (χ0n) is 15.0. The molecule has 132 valence electrons. The predicted octanol–water partition coefficient (Wildman–Crippen LogP) is 3.82. The van der Waals surface area contributed by atoms with Gasteiger partial charge in [-0.05, 0) is 44.0 Å². The Balaban J connectivity index is 1.79. The molecule has 4 nitrogen and oxygen atoms in total. The summed E-state index contributed by atoms with van der Waals surface area (Å²) in [7, 11) is 1.97. The summed E-state index contributed by atoms with van der Waals surface area (Å²) >= 11 is 1.73. The summed E-state index contributed by atoms with van der Waals surface area (Å²) in [5.74, 6) is 0.224. The smallest absolute Gasteiger partial charge is 0.234 e. The normalized spacial score (nSPS) is 12.8. The Bertz CT molecular complexity index is 822. The molecule has 0 bridgehead atoms. The number of carbonyl (C=O) groups excluding carboxylic acids is 1. The number of nitrogens with zero attached hydrogens (tertiary/aromatic N) is 1. The molecule has 0 saturated heterocycles. The van der Waals surface area contributed by atoms with Crippen molar-refractivity contribution in [1.29, 1.82) is 0 Å². The van der Waals surface area contributed by atoms with Crippen molar-refractivity contribution in [3.63, 3.8) is 0 Å². The van der Waals surface area contributed by atoms with Crippen molar-refractivity contribution in [1.82, 2.24) is 15.2 Å². The molecule has 3 rings (SSSR count). The lowest BCUT2D eigenvalue weighted by atomic mass is 9.96. The first-order valence-corrected chi connectivity index (χ1v) is 9.50. The molecule has 0 fully saturated rings. The maximum Gasteiger partial charge on any atom is 0.234 e. The number of aromatic nitrogens is 1. The fourth-order valence-electron chi connectivity index (χ4n) is 2.92. The minimum absolute atomic E-state index is 0.0672. The molecule has 2 aromatic heterocycles. The molecule has 0 aliphatic rings. The molecule has 0 spiro atoms. The van der Waals surface area contributed by atoms with Gasteiger partial charge in [0, 0.05) is 40.5 Å². The number of rotatable bonds is 7. The van der Waals surface area contributed by atoms with Gasteiger partial charge in [0.2, 0.25) is 5.91 Å². The van der Waals surface area contributed by atoms with Gasteiger partial charge in [-0.15, -0.1) is 11.3 Å². The molecule has 25 heavy (non-hydrogen) atoms. The predicted molar refractivity (Wildman–Crippen MR) is 105 cm³/mol. The van der Waals surface area contributed by atoms with Gasteiger partial charge in [0.1, 0.15) is 0 Å². The molecule has 5 heteroatoms. The van der Waals surface area contributed by atoms with Crippen LogP contribution in [0.4, 0.5) is 0 Å². The Morgan fingerprint density at radius 1 is 1.24 bits per heavy atom. The molecule has 1 aromatic carbocycles. The van der Waals surface area contributed by atoms with Gasteiger partial charge < -0.3 is 10.3 Å². The summed E-state index contributed by atoms with van der Waals surface area (Å²) in [6.07, 6.45) is 2.07. The van der Waals surface area contributed by atoms with Crippen LogP contribution in [-0.4, -0.2) is 42.0 Å². The number of hydrogen-bond acceptors (Lipinski definition) is 3. The summed E-state index contributed by atoms with van der Waals surface area (Å²) in [6, 6.07) is 12.9. The Labute approximate surface area is 152 Å². The van der Waals surface area contributed by atoms with Crippen molar-refractivity contribution >= 4 is 28.1 Å². The highest BCUT2D eigenvalue weighted by Gasteiger charge is 2.20. The van der Waals surface area contributed by atoms with E-state index in [-0.39, 0.29) is 11.8 Å². The van der Waals surface area contributed by atoms with E-state index in [9.17, 15) is 4.79 Å². The lowest BCUT2D eigenvalue weighted by molar-refractivity contribution is -0.122. The number of amides is 1. The number of H-pyrrole nitrogens is 1. The van der Waals surface area contributed by atoms with E-state index in [4.69, 9.17) is 0 Å². The number of fused-ring (bicyclic) bond motifs is 1. The van der Waals surface area contributed by atoms with E-state index in [2.05, 4.69) is 66.1 Å². The third kappa shape index (κ3) is 4.11. The third-order valence-electron chi connectivity index (χ3n) is 4.66. The van der Waals surface area contributed by atoms with E-state index in [1.54, 1.807) is 11.3 Å².